The Morgan fingerprint density at radius 1 is 1.44 bits per heavy atom. The van der Waals surface area contributed by atoms with Crippen molar-refractivity contribution in [3.63, 3.8) is 0 Å². The number of hydrogen-bond acceptors (Lipinski definition) is 4. The molecule has 0 amide bonds. The molecule has 1 aliphatic heterocycles. The van der Waals surface area contributed by atoms with Crippen LogP contribution in [0.3, 0.4) is 0 Å². The molecule has 1 rings (SSSR count). The van der Waals surface area contributed by atoms with Gasteiger partial charge in [0.2, 0.25) is 0 Å². The topological polar surface area (TPSA) is 44.8 Å². The van der Waals surface area contributed by atoms with Gasteiger partial charge >= 0.3 is 5.97 Å². The summed E-state index contributed by atoms with van der Waals surface area (Å²) < 4.78 is 17.1. The lowest BCUT2D eigenvalue weighted by Gasteiger charge is -2.32. The molecule has 0 aromatic carbocycles. The van der Waals surface area contributed by atoms with Crippen molar-refractivity contribution in [2.75, 3.05) is 6.61 Å². The molecule has 0 aliphatic carbocycles. The van der Waals surface area contributed by atoms with E-state index in [1.807, 2.05) is 27.7 Å². The maximum absolute atomic E-state index is 11.6. The minimum atomic E-state index is -0.720. The number of carbonyl (C=O) groups is 1. The third kappa shape index (κ3) is 3.12. The summed E-state index contributed by atoms with van der Waals surface area (Å²) in [5.74, 6) is -0.925. The van der Waals surface area contributed by atoms with E-state index in [2.05, 4.69) is 6.58 Å². The predicted octanol–water partition coefficient (Wildman–Crippen LogP) is 2.82. The van der Waals surface area contributed by atoms with Crippen LogP contribution in [-0.4, -0.2) is 30.1 Å². The molecule has 0 spiro atoms. The summed E-state index contributed by atoms with van der Waals surface area (Å²) in [6.07, 6.45) is 1.32. The SMILES string of the molecule is C=C(C)C(=O)OC(C)(C)C1COC(CC)(CC)O1. The Morgan fingerprint density at radius 2 is 2.00 bits per heavy atom. The van der Waals surface area contributed by atoms with Gasteiger partial charge in [-0.2, -0.15) is 0 Å². The van der Waals surface area contributed by atoms with Crippen LogP contribution in [0.5, 0.6) is 0 Å². The Kier molecular flexibility index (Phi) is 4.56. The Hall–Kier alpha value is -0.870. The Bertz CT molecular complexity index is 329. The van der Waals surface area contributed by atoms with Crippen molar-refractivity contribution >= 4 is 5.97 Å². The predicted molar refractivity (Wildman–Crippen MR) is 69.1 cm³/mol. The van der Waals surface area contributed by atoms with Crippen molar-refractivity contribution < 1.29 is 19.0 Å². The highest BCUT2D eigenvalue weighted by atomic mass is 16.8. The summed E-state index contributed by atoms with van der Waals surface area (Å²) in [5, 5.41) is 0. The molecule has 1 aliphatic rings. The third-order valence-corrected chi connectivity index (χ3v) is 3.41. The van der Waals surface area contributed by atoms with Crippen LogP contribution >= 0.6 is 0 Å². The summed E-state index contributed by atoms with van der Waals surface area (Å²) in [7, 11) is 0. The van der Waals surface area contributed by atoms with Crippen molar-refractivity contribution in [2.45, 2.75) is 65.0 Å². The van der Waals surface area contributed by atoms with E-state index < -0.39 is 17.4 Å². The Morgan fingerprint density at radius 3 is 2.39 bits per heavy atom. The van der Waals surface area contributed by atoms with E-state index in [1.54, 1.807) is 6.92 Å². The van der Waals surface area contributed by atoms with Gasteiger partial charge in [-0.25, -0.2) is 4.79 Å². The summed E-state index contributed by atoms with van der Waals surface area (Å²) in [5.41, 5.74) is -0.332. The highest BCUT2D eigenvalue weighted by Gasteiger charge is 2.46. The number of rotatable bonds is 5. The lowest BCUT2D eigenvalue weighted by molar-refractivity contribution is -0.200. The third-order valence-electron chi connectivity index (χ3n) is 3.41. The molecule has 0 bridgehead atoms. The van der Waals surface area contributed by atoms with Crippen LogP contribution < -0.4 is 0 Å². The van der Waals surface area contributed by atoms with E-state index >= 15 is 0 Å². The molecule has 0 saturated carbocycles. The smallest absolute Gasteiger partial charge is 0.333 e. The average Bonchev–Trinajstić information content (AvgIpc) is 2.74. The molecule has 1 fully saturated rings. The zero-order valence-electron chi connectivity index (χ0n) is 12.0. The first-order chi connectivity index (χ1) is 8.26. The monoisotopic (exact) mass is 256 g/mol. The van der Waals surface area contributed by atoms with Gasteiger partial charge in [0.25, 0.3) is 0 Å². The fraction of sp³-hybridized carbons (Fsp3) is 0.786. The van der Waals surface area contributed by atoms with E-state index in [0.29, 0.717) is 12.2 Å². The minimum Gasteiger partial charge on any atom is -0.453 e. The molecule has 0 radical (unpaired) electrons. The Labute approximate surface area is 109 Å². The van der Waals surface area contributed by atoms with Crippen molar-refractivity contribution in [3.8, 4) is 0 Å². The van der Waals surface area contributed by atoms with Crippen molar-refractivity contribution in [2.24, 2.45) is 0 Å². The van der Waals surface area contributed by atoms with Gasteiger partial charge in [0.05, 0.1) is 6.61 Å². The molecule has 0 N–H and O–H groups in total. The molecule has 1 saturated heterocycles. The van der Waals surface area contributed by atoms with E-state index in [9.17, 15) is 4.79 Å². The lowest BCUT2D eigenvalue weighted by atomic mass is 10.0. The first-order valence-corrected chi connectivity index (χ1v) is 6.47. The van der Waals surface area contributed by atoms with Gasteiger partial charge < -0.3 is 14.2 Å². The van der Waals surface area contributed by atoms with Crippen molar-refractivity contribution in [3.05, 3.63) is 12.2 Å². The molecule has 1 unspecified atom stereocenters. The summed E-state index contributed by atoms with van der Waals surface area (Å²) in [6, 6.07) is 0. The van der Waals surface area contributed by atoms with E-state index in [-0.39, 0.29) is 6.10 Å². The molecule has 1 atom stereocenters. The molecule has 1 heterocycles. The van der Waals surface area contributed by atoms with Crippen LogP contribution in [0.2, 0.25) is 0 Å². The summed E-state index contributed by atoms with van der Waals surface area (Å²) >= 11 is 0. The normalized spacial score (nSPS) is 22.8. The fourth-order valence-corrected chi connectivity index (χ4v) is 1.91. The van der Waals surface area contributed by atoms with Gasteiger partial charge in [-0.1, -0.05) is 20.4 Å². The largest absolute Gasteiger partial charge is 0.453 e. The fourth-order valence-electron chi connectivity index (χ4n) is 1.91. The molecule has 18 heavy (non-hydrogen) atoms. The zero-order valence-corrected chi connectivity index (χ0v) is 12.0. The van der Waals surface area contributed by atoms with Crippen LogP contribution in [-0.2, 0) is 19.0 Å². The number of carbonyl (C=O) groups excluding carboxylic acids is 1. The summed E-state index contributed by atoms with van der Waals surface area (Å²) in [6.45, 7) is 13.4. The van der Waals surface area contributed by atoms with Gasteiger partial charge in [0, 0.05) is 5.57 Å². The second-order valence-corrected chi connectivity index (χ2v) is 5.31. The van der Waals surface area contributed by atoms with Crippen molar-refractivity contribution in [1.29, 1.82) is 0 Å². The molecular weight excluding hydrogens is 232 g/mol. The van der Waals surface area contributed by atoms with Gasteiger partial charge in [0.1, 0.15) is 11.7 Å². The van der Waals surface area contributed by atoms with Crippen LogP contribution in [0.25, 0.3) is 0 Å². The standard InChI is InChI=1S/C14H24O4/c1-7-14(8-2)16-9-11(17-14)13(5,6)18-12(15)10(3)4/h11H,3,7-9H2,1-2,4-6H3. The molecule has 0 aromatic rings. The van der Waals surface area contributed by atoms with Crippen LogP contribution in [0.4, 0.5) is 0 Å². The van der Waals surface area contributed by atoms with E-state index in [1.165, 1.54) is 0 Å². The molecule has 4 heteroatoms. The van der Waals surface area contributed by atoms with Crippen LogP contribution in [0, 0.1) is 0 Å². The molecule has 104 valence electrons. The lowest BCUT2D eigenvalue weighted by Crippen LogP contribution is -2.44. The van der Waals surface area contributed by atoms with Crippen LogP contribution in [0.15, 0.2) is 12.2 Å². The van der Waals surface area contributed by atoms with E-state index in [0.717, 1.165) is 12.8 Å². The first kappa shape index (κ1) is 15.2. The molecule has 4 nitrogen and oxygen atoms in total. The highest BCUT2D eigenvalue weighted by molar-refractivity contribution is 5.87. The molecule has 0 aromatic heterocycles. The second kappa shape index (κ2) is 5.41. The summed E-state index contributed by atoms with van der Waals surface area (Å²) in [4.78, 5) is 11.6. The number of hydrogen-bond donors (Lipinski definition) is 0. The average molecular weight is 256 g/mol. The van der Waals surface area contributed by atoms with E-state index in [4.69, 9.17) is 14.2 Å². The van der Waals surface area contributed by atoms with Gasteiger partial charge in [-0.05, 0) is 33.6 Å². The minimum absolute atomic E-state index is 0.249. The zero-order chi connectivity index (χ0) is 14.0. The van der Waals surface area contributed by atoms with Gasteiger partial charge in [-0.3, -0.25) is 0 Å². The van der Waals surface area contributed by atoms with Gasteiger partial charge in [-0.15, -0.1) is 0 Å². The maximum atomic E-state index is 11.6. The van der Waals surface area contributed by atoms with Crippen LogP contribution in [0.1, 0.15) is 47.5 Å². The highest BCUT2D eigenvalue weighted by Crippen LogP contribution is 2.35. The Balaban J connectivity index is 2.70. The quantitative estimate of drug-likeness (QED) is 0.560. The maximum Gasteiger partial charge on any atom is 0.333 e. The molecular formula is C14H24O4. The first-order valence-electron chi connectivity index (χ1n) is 6.47. The van der Waals surface area contributed by atoms with Crippen molar-refractivity contribution in [1.82, 2.24) is 0 Å². The number of esters is 1. The number of ether oxygens (including phenoxy) is 3. The van der Waals surface area contributed by atoms with Gasteiger partial charge in [0.15, 0.2) is 5.79 Å². The second-order valence-electron chi connectivity index (χ2n) is 5.31.